The van der Waals surface area contributed by atoms with Crippen molar-refractivity contribution in [2.24, 2.45) is 7.05 Å². The molecule has 0 atom stereocenters. The van der Waals surface area contributed by atoms with Gasteiger partial charge in [0.25, 0.3) is 0 Å². The number of rotatable bonds is 1. The summed E-state index contributed by atoms with van der Waals surface area (Å²) in [4.78, 5) is 11.6. The summed E-state index contributed by atoms with van der Waals surface area (Å²) in [6, 6.07) is 6.03. The molecule has 4 nitrogen and oxygen atoms in total. The van der Waals surface area contributed by atoms with E-state index in [0.29, 0.717) is 5.92 Å². The summed E-state index contributed by atoms with van der Waals surface area (Å²) < 4.78 is 6.94. The number of para-hydroxylation sites is 1. The van der Waals surface area contributed by atoms with Gasteiger partial charge in [0.2, 0.25) is 0 Å². The van der Waals surface area contributed by atoms with Crippen LogP contribution in [0.5, 0.6) is 0 Å². The molecule has 2 heterocycles. The van der Waals surface area contributed by atoms with E-state index in [9.17, 15) is 4.79 Å². The Kier molecular flexibility index (Phi) is 3.78. The lowest BCUT2D eigenvalue weighted by atomic mass is 9.90. The quantitative estimate of drug-likeness (QED) is 0.861. The first-order chi connectivity index (χ1) is 8.27. The normalized spacial score (nSPS) is 16.7. The Morgan fingerprint density at radius 3 is 2.78 bits per heavy atom. The number of piperidine rings is 1. The second-order valence-electron chi connectivity index (χ2n) is 4.65. The summed E-state index contributed by atoms with van der Waals surface area (Å²) in [6.07, 6.45) is 2.22. The summed E-state index contributed by atoms with van der Waals surface area (Å²) >= 11 is 0. The van der Waals surface area contributed by atoms with E-state index in [4.69, 9.17) is 4.42 Å². The summed E-state index contributed by atoms with van der Waals surface area (Å²) in [7, 11) is 1.75. The van der Waals surface area contributed by atoms with E-state index in [2.05, 4.69) is 11.4 Å². The average molecular weight is 269 g/mol. The molecular formula is C13H17ClN2O2. The predicted molar refractivity (Wildman–Crippen MR) is 73.5 cm³/mol. The van der Waals surface area contributed by atoms with Gasteiger partial charge in [-0.2, -0.15) is 0 Å². The van der Waals surface area contributed by atoms with Crippen molar-refractivity contribution in [3.05, 3.63) is 34.3 Å². The van der Waals surface area contributed by atoms with Crippen LogP contribution in [0.3, 0.4) is 0 Å². The number of nitrogens with one attached hydrogen (secondary N) is 1. The average Bonchev–Trinajstić information content (AvgIpc) is 2.67. The largest absolute Gasteiger partial charge is 0.419 e. The van der Waals surface area contributed by atoms with E-state index in [1.54, 1.807) is 11.6 Å². The standard InChI is InChI=1S/C13H16N2O2.ClH/c1-15-11-4-2-3-10(12(11)17-13(15)16)9-5-7-14-8-6-9;/h2-4,9,14H,5-8H2,1H3;1H. The first-order valence-electron chi connectivity index (χ1n) is 6.06. The molecule has 1 saturated heterocycles. The third-order valence-electron chi connectivity index (χ3n) is 3.63. The van der Waals surface area contributed by atoms with Crippen molar-refractivity contribution in [2.45, 2.75) is 18.8 Å². The van der Waals surface area contributed by atoms with Crippen molar-refractivity contribution in [1.29, 1.82) is 0 Å². The molecule has 18 heavy (non-hydrogen) atoms. The highest BCUT2D eigenvalue weighted by atomic mass is 35.5. The molecule has 0 aliphatic carbocycles. The fraction of sp³-hybridized carbons (Fsp3) is 0.462. The van der Waals surface area contributed by atoms with Gasteiger partial charge in [-0.3, -0.25) is 4.57 Å². The summed E-state index contributed by atoms with van der Waals surface area (Å²) in [5.41, 5.74) is 2.85. The lowest BCUT2D eigenvalue weighted by molar-refractivity contribution is 0.454. The Labute approximate surface area is 111 Å². The van der Waals surface area contributed by atoms with Gasteiger partial charge < -0.3 is 9.73 Å². The number of hydrogen-bond donors (Lipinski definition) is 1. The molecule has 1 aliphatic rings. The van der Waals surface area contributed by atoms with Crippen LogP contribution < -0.4 is 11.1 Å². The second kappa shape index (κ2) is 5.16. The lowest BCUT2D eigenvalue weighted by Gasteiger charge is -2.22. The zero-order chi connectivity index (χ0) is 11.8. The Balaban J connectivity index is 0.00000120. The smallest absolute Gasteiger partial charge is 0.407 e. The molecule has 1 aliphatic heterocycles. The molecule has 1 aromatic heterocycles. The zero-order valence-corrected chi connectivity index (χ0v) is 11.1. The highest BCUT2D eigenvalue weighted by Crippen LogP contribution is 2.30. The lowest BCUT2D eigenvalue weighted by Crippen LogP contribution is -2.26. The van der Waals surface area contributed by atoms with Crippen LogP contribution in [0.2, 0.25) is 0 Å². The minimum Gasteiger partial charge on any atom is -0.407 e. The SMILES string of the molecule is Cl.Cn1c(=O)oc2c(C3CCNCC3)cccc21. The van der Waals surface area contributed by atoms with Gasteiger partial charge in [0.05, 0.1) is 5.52 Å². The molecule has 1 N–H and O–H groups in total. The number of hydrogen-bond acceptors (Lipinski definition) is 3. The third kappa shape index (κ3) is 2.06. The fourth-order valence-corrected chi connectivity index (χ4v) is 2.63. The molecule has 0 amide bonds. The molecular weight excluding hydrogens is 252 g/mol. The first-order valence-corrected chi connectivity index (χ1v) is 6.06. The van der Waals surface area contributed by atoms with Gasteiger partial charge >= 0.3 is 5.76 Å². The Morgan fingerprint density at radius 2 is 2.06 bits per heavy atom. The van der Waals surface area contributed by atoms with Gasteiger partial charge in [-0.05, 0) is 37.9 Å². The molecule has 1 aromatic carbocycles. The van der Waals surface area contributed by atoms with Crippen LogP contribution in [0.1, 0.15) is 24.3 Å². The topological polar surface area (TPSA) is 47.2 Å². The van der Waals surface area contributed by atoms with E-state index in [-0.39, 0.29) is 18.2 Å². The highest BCUT2D eigenvalue weighted by Gasteiger charge is 2.20. The number of halogens is 1. The monoisotopic (exact) mass is 268 g/mol. The van der Waals surface area contributed by atoms with Crippen LogP contribution in [0, 0.1) is 0 Å². The Hall–Kier alpha value is -1.26. The first kappa shape index (κ1) is 13.2. The van der Waals surface area contributed by atoms with Crippen molar-refractivity contribution in [2.75, 3.05) is 13.1 Å². The molecule has 0 spiro atoms. The molecule has 0 bridgehead atoms. The van der Waals surface area contributed by atoms with Crippen molar-refractivity contribution in [1.82, 2.24) is 9.88 Å². The zero-order valence-electron chi connectivity index (χ0n) is 10.3. The van der Waals surface area contributed by atoms with Crippen molar-refractivity contribution >= 4 is 23.5 Å². The third-order valence-corrected chi connectivity index (χ3v) is 3.63. The number of oxazole rings is 1. The maximum atomic E-state index is 11.6. The molecule has 2 aromatic rings. The van der Waals surface area contributed by atoms with E-state index in [1.807, 2.05) is 12.1 Å². The van der Waals surface area contributed by atoms with Crippen LogP contribution in [0.15, 0.2) is 27.4 Å². The van der Waals surface area contributed by atoms with Gasteiger partial charge in [-0.25, -0.2) is 4.79 Å². The van der Waals surface area contributed by atoms with Gasteiger partial charge in [0, 0.05) is 12.6 Å². The molecule has 5 heteroatoms. The Bertz CT molecular complexity index is 597. The van der Waals surface area contributed by atoms with Gasteiger partial charge in [-0.15, -0.1) is 12.4 Å². The fourth-order valence-electron chi connectivity index (χ4n) is 2.63. The van der Waals surface area contributed by atoms with Crippen LogP contribution in [0.4, 0.5) is 0 Å². The summed E-state index contributed by atoms with van der Waals surface area (Å²) in [6.45, 7) is 2.08. The van der Waals surface area contributed by atoms with E-state index in [0.717, 1.165) is 37.0 Å². The second-order valence-corrected chi connectivity index (χ2v) is 4.65. The summed E-state index contributed by atoms with van der Waals surface area (Å²) in [5.74, 6) is 0.229. The maximum Gasteiger partial charge on any atom is 0.419 e. The van der Waals surface area contributed by atoms with Crippen LogP contribution in [-0.4, -0.2) is 17.7 Å². The highest BCUT2D eigenvalue weighted by molar-refractivity contribution is 5.85. The minimum atomic E-state index is -0.276. The van der Waals surface area contributed by atoms with E-state index < -0.39 is 0 Å². The molecule has 0 saturated carbocycles. The van der Waals surface area contributed by atoms with Crippen LogP contribution >= 0.6 is 12.4 Å². The van der Waals surface area contributed by atoms with E-state index in [1.165, 1.54) is 5.56 Å². The van der Waals surface area contributed by atoms with Crippen LogP contribution in [-0.2, 0) is 7.05 Å². The molecule has 1 fully saturated rings. The number of benzene rings is 1. The van der Waals surface area contributed by atoms with Crippen molar-refractivity contribution < 1.29 is 4.42 Å². The number of aryl methyl sites for hydroxylation is 1. The number of nitrogens with zero attached hydrogens (tertiary/aromatic N) is 1. The van der Waals surface area contributed by atoms with Crippen molar-refractivity contribution in [3.63, 3.8) is 0 Å². The number of fused-ring (bicyclic) bond motifs is 1. The van der Waals surface area contributed by atoms with Gasteiger partial charge in [-0.1, -0.05) is 12.1 Å². The molecule has 98 valence electrons. The van der Waals surface area contributed by atoms with Gasteiger partial charge in [0.15, 0.2) is 5.58 Å². The van der Waals surface area contributed by atoms with Crippen molar-refractivity contribution in [3.8, 4) is 0 Å². The Morgan fingerprint density at radius 1 is 1.33 bits per heavy atom. The molecule has 0 radical (unpaired) electrons. The molecule has 3 rings (SSSR count). The number of aromatic nitrogens is 1. The van der Waals surface area contributed by atoms with E-state index >= 15 is 0 Å². The summed E-state index contributed by atoms with van der Waals surface area (Å²) in [5, 5.41) is 3.35. The minimum absolute atomic E-state index is 0. The predicted octanol–water partition coefficient (Wildman–Crippen LogP) is 2.02. The van der Waals surface area contributed by atoms with Gasteiger partial charge in [0.1, 0.15) is 0 Å². The maximum absolute atomic E-state index is 11.6. The molecule has 0 unspecified atom stereocenters. The van der Waals surface area contributed by atoms with Crippen LogP contribution in [0.25, 0.3) is 11.1 Å².